The van der Waals surface area contributed by atoms with Crippen molar-refractivity contribution in [2.75, 3.05) is 5.32 Å². The Balaban J connectivity index is 2.48. The Labute approximate surface area is 102 Å². The SMILES string of the molecule is CC(C)NC(=O)C(C)Nc1nc(Br)cs1. The number of aromatic nitrogens is 1. The predicted octanol–water partition coefficient (Wildman–Crippen LogP) is 2.23. The second-order valence-electron chi connectivity index (χ2n) is 3.50. The zero-order chi connectivity index (χ0) is 11.4. The summed E-state index contributed by atoms with van der Waals surface area (Å²) in [5.74, 6) is -0.0173. The van der Waals surface area contributed by atoms with Gasteiger partial charge in [0.05, 0.1) is 0 Å². The lowest BCUT2D eigenvalue weighted by Crippen LogP contribution is -2.40. The first-order valence-electron chi connectivity index (χ1n) is 4.67. The second-order valence-corrected chi connectivity index (χ2v) is 5.18. The highest BCUT2D eigenvalue weighted by Crippen LogP contribution is 2.19. The normalized spacial score (nSPS) is 12.6. The minimum absolute atomic E-state index is 0.0173. The van der Waals surface area contributed by atoms with Gasteiger partial charge in [0.25, 0.3) is 0 Å². The van der Waals surface area contributed by atoms with E-state index in [0.29, 0.717) is 0 Å². The second kappa shape index (κ2) is 5.46. The fraction of sp³-hybridized carbons (Fsp3) is 0.556. The summed E-state index contributed by atoms with van der Waals surface area (Å²) in [5.41, 5.74) is 0. The molecule has 84 valence electrons. The highest BCUT2D eigenvalue weighted by molar-refractivity contribution is 9.10. The molecule has 0 fully saturated rings. The fourth-order valence-corrected chi connectivity index (χ4v) is 2.21. The molecule has 1 amide bonds. The zero-order valence-corrected chi connectivity index (χ0v) is 11.3. The Morgan fingerprint density at radius 1 is 1.53 bits per heavy atom. The molecular formula is C9H14BrN3OS. The van der Waals surface area contributed by atoms with Crippen molar-refractivity contribution in [2.24, 2.45) is 0 Å². The van der Waals surface area contributed by atoms with Gasteiger partial charge in [-0.05, 0) is 36.7 Å². The molecule has 0 bridgehead atoms. The van der Waals surface area contributed by atoms with E-state index in [1.807, 2.05) is 26.2 Å². The molecule has 0 spiro atoms. The highest BCUT2D eigenvalue weighted by atomic mass is 79.9. The van der Waals surface area contributed by atoms with Gasteiger partial charge in [0.2, 0.25) is 5.91 Å². The maximum Gasteiger partial charge on any atom is 0.242 e. The molecular weight excluding hydrogens is 278 g/mol. The Bertz CT molecular complexity index is 340. The summed E-state index contributed by atoms with van der Waals surface area (Å²) in [4.78, 5) is 15.7. The highest BCUT2D eigenvalue weighted by Gasteiger charge is 2.14. The molecule has 1 aromatic heterocycles. The summed E-state index contributed by atoms with van der Waals surface area (Å²) in [6, 6.07) is -0.116. The molecule has 1 unspecified atom stereocenters. The van der Waals surface area contributed by atoms with Gasteiger partial charge in [-0.3, -0.25) is 4.79 Å². The molecule has 1 aromatic rings. The largest absolute Gasteiger partial charge is 0.352 e. The van der Waals surface area contributed by atoms with Gasteiger partial charge < -0.3 is 10.6 Å². The van der Waals surface area contributed by atoms with Crippen molar-refractivity contribution >= 4 is 38.3 Å². The molecule has 1 heterocycles. The van der Waals surface area contributed by atoms with E-state index < -0.39 is 0 Å². The van der Waals surface area contributed by atoms with E-state index >= 15 is 0 Å². The third-order valence-electron chi connectivity index (χ3n) is 1.64. The molecule has 0 radical (unpaired) electrons. The molecule has 6 heteroatoms. The maximum absolute atomic E-state index is 11.6. The van der Waals surface area contributed by atoms with Crippen LogP contribution in [0, 0.1) is 0 Å². The summed E-state index contributed by atoms with van der Waals surface area (Å²) in [5, 5.41) is 8.48. The average Bonchev–Trinajstić information content (AvgIpc) is 2.50. The van der Waals surface area contributed by atoms with Crippen LogP contribution in [-0.2, 0) is 4.79 Å². The molecule has 4 nitrogen and oxygen atoms in total. The van der Waals surface area contributed by atoms with Crippen molar-refractivity contribution in [3.8, 4) is 0 Å². The Morgan fingerprint density at radius 2 is 2.20 bits per heavy atom. The number of carbonyl (C=O) groups is 1. The van der Waals surface area contributed by atoms with Crippen LogP contribution >= 0.6 is 27.3 Å². The van der Waals surface area contributed by atoms with Crippen LogP contribution in [0.25, 0.3) is 0 Å². The van der Waals surface area contributed by atoms with Crippen LogP contribution in [-0.4, -0.2) is 23.0 Å². The molecule has 2 N–H and O–H groups in total. The molecule has 15 heavy (non-hydrogen) atoms. The molecule has 0 aliphatic heterocycles. The van der Waals surface area contributed by atoms with Crippen LogP contribution in [0.3, 0.4) is 0 Å². The summed E-state index contributed by atoms with van der Waals surface area (Å²) >= 11 is 4.72. The van der Waals surface area contributed by atoms with Gasteiger partial charge >= 0.3 is 0 Å². The fourth-order valence-electron chi connectivity index (χ4n) is 0.981. The Hall–Kier alpha value is -0.620. The van der Waals surface area contributed by atoms with E-state index in [1.54, 1.807) is 0 Å². The van der Waals surface area contributed by atoms with Crippen molar-refractivity contribution in [3.63, 3.8) is 0 Å². The van der Waals surface area contributed by atoms with Gasteiger partial charge in [0.1, 0.15) is 10.6 Å². The number of hydrogen-bond acceptors (Lipinski definition) is 4. The smallest absolute Gasteiger partial charge is 0.242 e. The number of hydrogen-bond donors (Lipinski definition) is 2. The molecule has 0 aliphatic carbocycles. The van der Waals surface area contributed by atoms with Crippen LogP contribution in [0.5, 0.6) is 0 Å². The molecule has 1 atom stereocenters. The number of anilines is 1. The zero-order valence-electron chi connectivity index (χ0n) is 8.87. The summed E-state index contributed by atoms with van der Waals surface area (Å²) in [6.07, 6.45) is 0. The molecule has 0 saturated carbocycles. The quantitative estimate of drug-likeness (QED) is 0.894. The van der Waals surface area contributed by atoms with Gasteiger partial charge in [-0.25, -0.2) is 4.98 Å². The predicted molar refractivity (Wildman–Crippen MR) is 66.2 cm³/mol. The number of halogens is 1. The number of amides is 1. The minimum Gasteiger partial charge on any atom is -0.352 e. The number of carbonyl (C=O) groups excluding carboxylic acids is 1. The van der Waals surface area contributed by atoms with Gasteiger partial charge in [0.15, 0.2) is 5.13 Å². The van der Waals surface area contributed by atoms with Gasteiger partial charge in [-0.15, -0.1) is 11.3 Å². The molecule has 1 rings (SSSR count). The lowest BCUT2D eigenvalue weighted by Gasteiger charge is -2.15. The summed E-state index contributed by atoms with van der Waals surface area (Å²) in [6.45, 7) is 5.68. The first-order chi connectivity index (χ1) is 6.99. The Morgan fingerprint density at radius 3 is 2.67 bits per heavy atom. The lowest BCUT2D eigenvalue weighted by atomic mass is 10.3. The van der Waals surface area contributed by atoms with Crippen molar-refractivity contribution < 1.29 is 4.79 Å². The van der Waals surface area contributed by atoms with E-state index in [2.05, 4.69) is 31.5 Å². The summed E-state index contributed by atoms with van der Waals surface area (Å²) < 4.78 is 0.784. The maximum atomic E-state index is 11.6. The van der Waals surface area contributed by atoms with Crippen LogP contribution in [0.2, 0.25) is 0 Å². The van der Waals surface area contributed by atoms with Gasteiger partial charge in [0, 0.05) is 11.4 Å². The first kappa shape index (κ1) is 12.4. The third kappa shape index (κ3) is 4.17. The summed E-state index contributed by atoms with van der Waals surface area (Å²) in [7, 11) is 0. The lowest BCUT2D eigenvalue weighted by molar-refractivity contribution is -0.122. The monoisotopic (exact) mass is 291 g/mol. The standard InChI is InChI=1S/C9H14BrN3OS/c1-5(2)11-8(14)6(3)12-9-13-7(10)4-15-9/h4-6H,1-3H3,(H,11,14)(H,12,13). The first-order valence-corrected chi connectivity index (χ1v) is 6.34. The van der Waals surface area contributed by atoms with E-state index in [9.17, 15) is 4.79 Å². The van der Waals surface area contributed by atoms with Crippen molar-refractivity contribution in [1.29, 1.82) is 0 Å². The molecule has 0 aromatic carbocycles. The van der Waals surface area contributed by atoms with Gasteiger partial charge in [-0.1, -0.05) is 0 Å². The molecule has 0 aliphatic rings. The third-order valence-corrected chi connectivity index (χ3v) is 3.12. The van der Waals surface area contributed by atoms with E-state index in [4.69, 9.17) is 0 Å². The topological polar surface area (TPSA) is 54.0 Å². The Kier molecular flexibility index (Phi) is 4.53. The van der Waals surface area contributed by atoms with E-state index in [1.165, 1.54) is 11.3 Å². The average molecular weight is 292 g/mol. The van der Waals surface area contributed by atoms with Crippen molar-refractivity contribution in [1.82, 2.24) is 10.3 Å². The van der Waals surface area contributed by atoms with Crippen LogP contribution in [0.15, 0.2) is 9.98 Å². The number of rotatable bonds is 4. The minimum atomic E-state index is -0.273. The number of thiazole rings is 1. The number of nitrogens with one attached hydrogen (secondary N) is 2. The van der Waals surface area contributed by atoms with E-state index in [-0.39, 0.29) is 18.0 Å². The van der Waals surface area contributed by atoms with Crippen LogP contribution in [0.1, 0.15) is 20.8 Å². The van der Waals surface area contributed by atoms with Gasteiger partial charge in [-0.2, -0.15) is 0 Å². The van der Waals surface area contributed by atoms with Crippen molar-refractivity contribution in [2.45, 2.75) is 32.9 Å². The molecule has 0 saturated heterocycles. The number of nitrogens with zero attached hydrogens (tertiary/aromatic N) is 1. The van der Waals surface area contributed by atoms with E-state index in [0.717, 1.165) is 9.73 Å². The van der Waals surface area contributed by atoms with Crippen LogP contribution in [0.4, 0.5) is 5.13 Å². The van der Waals surface area contributed by atoms with Crippen LogP contribution < -0.4 is 10.6 Å². The van der Waals surface area contributed by atoms with Crippen molar-refractivity contribution in [3.05, 3.63) is 9.98 Å².